The van der Waals surface area contributed by atoms with Gasteiger partial charge in [0, 0.05) is 38.3 Å². The molecular formula is C25H32Cl2N4O3. The number of amides is 3. The zero-order chi connectivity index (χ0) is 24.1. The average molecular weight is 507 g/mol. The Balaban J connectivity index is 1.16. The van der Waals surface area contributed by atoms with E-state index < -0.39 is 11.9 Å². The van der Waals surface area contributed by atoms with E-state index in [-0.39, 0.29) is 11.8 Å². The molecular weight excluding hydrogens is 475 g/mol. The largest absolute Gasteiger partial charge is 0.459 e. The molecule has 1 atom stereocenters. The fourth-order valence-corrected chi connectivity index (χ4v) is 5.52. The van der Waals surface area contributed by atoms with E-state index in [1.54, 1.807) is 6.07 Å². The Kier molecular flexibility index (Phi) is 8.40. The zero-order valence-corrected chi connectivity index (χ0v) is 20.9. The van der Waals surface area contributed by atoms with Gasteiger partial charge in [-0.05, 0) is 69.2 Å². The van der Waals surface area contributed by atoms with Crippen LogP contribution in [0.5, 0.6) is 0 Å². The van der Waals surface area contributed by atoms with Crippen molar-refractivity contribution in [1.82, 2.24) is 15.5 Å². The molecule has 34 heavy (non-hydrogen) atoms. The number of rotatable bonds is 6. The second kappa shape index (κ2) is 11.5. The third-order valence-corrected chi connectivity index (χ3v) is 7.85. The Morgan fingerprint density at radius 3 is 2.47 bits per heavy atom. The lowest BCUT2D eigenvalue weighted by Crippen LogP contribution is -2.50. The maximum absolute atomic E-state index is 12.1. The van der Waals surface area contributed by atoms with Crippen molar-refractivity contribution in [3.8, 4) is 0 Å². The molecule has 0 spiro atoms. The highest BCUT2D eigenvalue weighted by Gasteiger charge is 2.28. The maximum atomic E-state index is 12.1. The summed E-state index contributed by atoms with van der Waals surface area (Å²) in [5, 5.41) is 6.49. The van der Waals surface area contributed by atoms with Crippen molar-refractivity contribution < 1.29 is 14.0 Å². The Morgan fingerprint density at radius 2 is 1.79 bits per heavy atom. The van der Waals surface area contributed by atoms with Crippen LogP contribution in [-0.4, -0.2) is 55.1 Å². The number of nitrogens with one attached hydrogen (secondary N) is 2. The van der Waals surface area contributed by atoms with E-state index in [2.05, 4.69) is 27.4 Å². The van der Waals surface area contributed by atoms with Gasteiger partial charge in [-0.25, -0.2) is 4.79 Å². The standard InChI is InChI=1S/C25H32Cl2N4O3/c1-17(30-11-13-31(14-12-30)21-5-2-4-20(26)23(21)27)16-18-7-9-19(10-8-18)28-25(33)29-24(32)22-6-3-15-34-22/h2-6,15,17-19H,7-14,16H2,1H3,(H2,28,29,32,33). The van der Waals surface area contributed by atoms with Gasteiger partial charge < -0.3 is 14.6 Å². The van der Waals surface area contributed by atoms with Crippen molar-refractivity contribution in [3.05, 3.63) is 52.4 Å². The van der Waals surface area contributed by atoms with E-state index in [0.29, 0.717) is 22.0 Å². The Hall–Kier alpha value is -2.22. The minimum Gasteiger partial charge on any atom is -0.459 e. The van der Waals surface area contributed by atoms with Crippen LogP contribution in [0.1, 0.15) is 49.6 Å². The predicted octanol–water partition coefficient (Wildman–Crippen LogP) is 5.19. The quantitative estimate of drug-likeness (QED) is 0.563. The molecule has 3 amide bonds. The van der Waals surface area contributed by atoms with Crippen molar-refractivity contribution in [3.63, 3.8) is 0 Å². The second-order valence-corrected chi connectivity index (χ2v) is 10.1. The Morgan fingerprint density at radius 1 is 1.06 bits per heavy atom. The van der Waals surface area contributed by atoms with Crippen LogP contribution in [0.2, 0.25) is 10.0 Å². The summed E-state index contributed by atoms with van der Waals surface area (Å²) in [6, 6.07) is 9.10. The van der Waals surface area contributed by atoms with Crippen LogP contribution >= 0.6 is 23.2 Å². The van der Waals surface area contributed by atoms with Crippen LogP contribution in [0.25, 0.3) is 0 Å². The van der Waals surface area contributed by atoms with E-state index in [1.165, 1.54) is 12.3 Å². The van der Waals surface area contributed by atoms with Crippen LogP contribution < -0.4 is 15.5 Å². The first-order valence-corrected chi connectivity index (χ1v) is 12.7. The Bertz CT molecular complexity index is 969. The van der Waals surface area contributed by atoms with E-state index in [9.17, 15) is 9.59 Å². The third kappa shape index (κ3) is 6.26. The third-order valence-electron chi connectivity index (χ3n) is 7.04. The molecule has 7 nitrogen and oxygen atoms in total. The van der Waals surface area contributed by atoms with Crippen molar-refractivity contribution in [1.29, 1.82) is 0 Å². The number of imide groups is 1. The predicted molar refractivity (Wildman–Crippen MR) is 135 cm³/mol. The summed E-state index contributed by atoms with van der Waals surface area (Å²) in [7, 11) is 0. The van der Waals surface area contributed by atoms with Crippen LogP contribution in [0, 0.1) is 5.92 Å². The number of piperazine rings is 1. The summed E-state index contributed by atoms with van der Waals surface area (Å²) >= 11 is 12.6. The molecule has 2 aliphatic rings. The van der Waals surface area contributed by atoms with E-state index >= 15 is 0 Å². The van der Waals surface area contributed by atoms with Gasteiger partial charge in [-0.15, -0.1) is 0 Å². The molecule has 2 aromatic rings. The molecule has 1 unspecified atom stereocenters. The van der Waals surface area contributed by atoms with Crippen LogP contribution in [0.15, 0.2) is 41.0 Å². The van der Waals surface area contributed by atoms with Crippen molar-refractivity contribution in [2.24, 2.45) is 5.92 Å². The number of carbonyl (C=O) groups excluding carboxylic acids is 2. The van der Waals surface area contributed by atoms with Gasteiger partial charge in [0.25, 0.3) is 5.91 Å². The van der Waals surface area contributed by atoms with E-state index in [4.69, 9.17) is 27.6 Å². The number of hydrogen-bond acceptors (Lipinski definition) is 5. The lowest BCUT2D eigenvalue weighted by Gasteiger charge is -2.41. The van der Waals surface area contributed by atoms with Crippen LogP contribution in [0.4, 0.5) is 10.5 Å². The van der Waals surface area contributed by atoms with E-state index in [0.717, 1.165) is 64.0 Å². The summed E-state index contributed by atoms with van der Waals surface area (Å²) in [4.78, 5) is 28.9. The molecule has 184 valence electrons. The van der Waals surface area contributed by atoms with Gasteiger partial charge >= 0.3 is 6.03 Å². The number of hydrogen-bond donors (Lipinski definition) is 2. The molecule has 2 heterocycles. The van der Waals surface area contributed by atoms with Gasteiger partial charge in [-0.1, -0.05) is 29.3 Å². The molecule has 0 radical (unpaired) electrons. The van der Waals surface area contributed by atoms with Crippen molar-refractivity contribution in [2.45, 2.75) is 51.1 Å². The highest BCUT2D eigenvalue weighted by atomic mass is 35.5. The Labute approximate surface area is 210 Å². The lowest BCUT2D eigenvalue weighted by atomic mass is 9.82. The van der Waals surface area contributed by atoms with Gasteiger partial charge in [-0.3, -0.25) is 15.0 Å². The molecule has 0 bridgehead atoms. The highest BCUT2D eigenvalue weighted by Crippen LogP contribution is 2.34. The molecule has 2 fully saturated rings. The van der Waals surface area contributed by atoms with Gasteiger partial charge in [0.05, 0.1) is 22.0 Å². The number of anilines is 1. The lowest BCUT2D eigenvalue weighted by molar-refractivity contribution is 0.0935. The molecule has 1 saturated heterocycles. The highest BCUT2D eigenvalue weighted by molar-refractivity contribution is 6.43. The van der Waals surface area contributed by atoms with E-state index in [1.807, 2.05) is 18.2 Å². The van der Waals surface area contributed by atoms with Gasteiger partial charge in [-0.2, -0.15) is 0 Å². The normalized spacial score (nSPS) is 22.3. The average Bonchev–Trinajstić information content (AvgIpc) is 3.37. The summed E-state index contributed by atoms with van der Waals surface area (Å²) in [6.07, 6.45) is 6.60. The fraction of sp³-hybridized carbons (Fsp3) is 0.520. The number of carbonyl (C=O) groups is 2. The molecule has 1 aromatic carbocycles. The smallest absolute Gasteiger partial charge is 0.322 e. The molecule has 1 aliphatic carbocycles. The first-order chi connectivity index (χ1) is 16.4. The van der Waals surface area contributed by atoms with Gasteiger partial charge in [0.2, 0.25) is 0 Å². The summed E-state index contributed by atoms with van der Waals surface area (Å²) < 4.78 is 5.02. The monoisotopic (exact) mass is 506 g/mol. The first kappa shape index (κ1) is 24.9. The summed E-state index contributed by atoms with van der Waals surface area (Å²) in [5.41, 5.74) is 1.02. The molecule has 1 aliphatic heterocycles. The minimum absolute atomic E-state index is 0.0990. The SMILES string of the molecule is CC(CC1CCC(NC(=O)NC(=O)c2ccco2)CC1)N1CCN(c2cccc(Cl)c2Cl)CC1. The number of halogens is 2. The number of furan rings is 1. The molecule has 2 N–H and O–H groups in total. The summed E-state index contributed by atoms with van der Waals surface area (Å²) in [5.74, 6) is 0.258. The number of urea groups is 1. The molecule has 1 aromatic heterocycles. The number of benzene rings is 1. The van der Waals surface area contributed by atoms with Gasteiger partial charge in [0.1, 0.15) is 0 Å². The maximum Gasteiger partial charge on any atom is 0.322 e. The van der Waals surface area contributed by atoms with Crippen molar-refractivity contribution >= 4 is 40.8 Å². The molecule has 4 rings (SSSR count). The fourth-order valence-electron chi connectivity index (χ4n) is 5.11. The molecule has 9 heteroatoms. The zero-order valence-electron chi connectivity index (χ0n) is 19.4. The number of nitrogens with zero attached hydrogens (tertiary/aromatic N) is 2. The summed E-state index contributed by atoms with van der Waals surface area (Å²) in [6.45, 7) is 6.20. The minimum atomic E-state index is -0.525. The van der Waals surface area contributed by atoms with Crippen LogP contribution in [-0.2, 0) is 0 Å². The first-order valence-electron chi connectivity index (χ1n) is 12.0. The van der Waals surface area contributed by atoms with Crippen LogP contribution in [0.3, 0.4) is 0 Å². The van der Waals surface area contributed by atoms with Crippen molar-refractivity contribution in [2.75, 3.05) is 31.1 Å². The molecule has 1 saturated carbocycles. The topological polar surface area (TPSA) is 77.8 Å². The van der Waals surface area contributed by atoms with Gasteiger partial charge in [0.15, 0.2) is 5.76 Å². The second-order valence-electron chi connectivity index (χ2n) is 9.30.